The molecule has 3 rings (SSSR count). The van der Waals surface area contributed by atoms with Crippen LogP contribution in [-0.2, 0) is 0 Å². The summed E-state index contributed by atoms with van der Waals surface area (Å²) >= 11 is 3.21. The van der Waals surface area contributed by atoms with Crippen LogP contribution in [0.25, 0.3) is 10.2 Å². The first-order valence-corrected chi connectivity index (χ1v) is 7.94. The molecular formula is C13H12N4OS2. The zero-order valence-electron chi connectivity index (χ0n) is 10.7. The van der Waals surface area contributed by atoms with Crippen molar-refractivity contribution in [3.8, 4) is 11.6 Å². The van der Waals surface area contributed by atoms with E-state index in [1.165, 1.54) is 16.2 Å². The van der Waals surface area contributed by atoms with Gasteiger partial charge in [0.15, 0.2) is 0 Å². The van der Waals surface area contributed by atoms with Crippen LogP contribution in [0, 0.1) is 0 Å². The molecule has 0 atom stereocenters. The minimum Gasteiger partial charge on any atom is -0.438 e. The number of nitrogens with two attached hydrogens (primary N) is 1. The maximum absolute atomic E-state index is 5.84. The molecule has 2 aromatic heterocycles. The van der Waals surface area contributed by atoms with Crippen molar-refractivity contribution in [2.75, 3.05) is 11.7 Å². The van der Waals surface area contributed by atoms with E-state index >= 15 is 0 Å². The third kappa shape index (κ3) is 2.55. The van der Waals surface area contributed by atoms with Gasteiger partial charge in [-0.1, -0.05) is 0 Å². The van der Waals surface area contributed by atoms with Crippen LogP contribution in [0.15, 0.2) is 40.6 Å². The maximum atomic E-state index is 5.84. The van der Waals surface area contributed by atoms with Gasteiger partial charge < -0.3 is 4.74 Å². The second-order valence-corrected chi connectivity index (χ2v) is 5.69. The average Bonchev–Trinajstić information content (AvgIpc) is 2.96. The number of hydrogen-bond donors (Lipinski definition) is 2. The molecule has 0 unspecified atom stereocenters. The molecule has 0 bridgehead atoms. The van der Waals surface area contributed by atoms with Crippen LogP contribution in [0.3, 0.4) is 0 Å². The van der Waals surface area contributed by atoms with Crippen molar-refractivity contribution in [1.82, 2.24) is 9.97 Å². The van der Waals surface area contributed by atoms with Crippen LogP contribution in [0.4, 0.5) is 5.95 Å². The van der Waals surface area contributed by atoms with Gasteiger partial charge in [-0.15, -0.1) is 23.1 Å². The smallest absolute Gasteiger partial charge is 0.241 e. The van der Waals surface area contributed by atoms with Gasteiger partial charge in [0.2, 0.25) is 11.8 Å². The second-order valence-electron chi connectivity index (χ2n) is 3.91. The Bertz CT molecular complexity index is 727. The van der Waals surface area contributed by atoms with Gasteiger partial charge in [0.05, 0.1) is 5.39 Å². The zero-order chi connectivity index (χ0) is 13.9. The standard InChI is InChI=1S/C13H12N4OS2/c1-19-9-4-2-8(3-5-9)18-11-10-6-7-20-12(10)16-13(15-11)17-14/h2-7H,14H2,1H3,(H,15,16,17). The number of nitrogens with zero attached hydrogens (tertiary/aromatic N) is 2. The molecule has 0 saturated carbocycles. The summed E-state index contributed by atoms with van der Waals surface area (Å²) < 4.78 is 5.84. The molecule has 5 nitrogen and oxygen atoms in total. The van der Waals surface area contributed by atoms with Gasteiger partial charge in [-0.2, -0.15) is 4.98 Å². The Balaban J connectivity index is 1.98. The van der Waals surface area contributed by atoms with E-state index in [-0.39, 0.29) is 0 Å². The van der Waals surface area contributed by atoms with Crippen molar-refractivity contribution in [2.24, 2.45) is 5.84 Å². The Kier molecular flexibility index (Phi) is 3.72. The van der Waals surface area contributed by atoms with E-state index in [9.17, 15) is 0 Å². The molecule has 1 aromatic carbocycles. The topological polar surface area (TPSA) is 73.1 Å². The molecule has 0 spiro atoms. The Morgan fingerprint density at radius 2 is 2.00 bits per heavy atom. The Morgan fingerprint density at radius 1 is 1.20 bits per heavy atom. The largest absolute Gasteiger partial charge is 0.438 e. The molecule has 3 aromatic rings. The van der Waals surface area contributed by atoms with Gasteiger partial charge in [-0.3, -0.25) is 5.43 Å². The highest BCUT2D eigenvalue weighted by atomic mass is 32.2. The second kappa shape index (κ2) is 5.66. The number of fused-ring (bicyclic) bond motifs is 1. The summed E-state index contributed by atoms with van der Waals surface area (Å²) in [5, 5.41) is 2.83. The summed E-state index contributed by atoms with van der Waals surface area (Å²) in [4.78, 5) is 10.6. The molecule has 0 aliphatic carbocycles. The van der Waals surface area contributed by atoms with Crippen molar-refractivity contribution < 1.29 is 4.74 Å². The quantitative estimate of drug-likeness (QED) is 0.437. The van der Waals surface area contributed by atoms with E-state index in [0.717, 1.165) is 16.0 Å². The Morgan fingerprint density at radius 3 is 2.70 bits per heavy atom. The summed E-state index contributed by atoms with van der Waals surface area (Å²) in [7, 11) is 0. The Labute approximate surface area is 124 Å². The van der Waals surface area contributed by atoms with Crippen LogP contribution >= 0.6 is 23.1 Å². The first-order chi connectivity index (χ1) is 9.80. The van der Waals surface area contributed by atoms with E-state index in [1.807, 2.05) is 42.0 Å². The zero-order valence-corrected chi connectivity index (χ0v) is 12.3. The molecule has 0 saturated heterocycles. The fraction of sp³-hybridized carbons (Fsp3) is 0.0769. The van der Waals surface area contributed by atoms with Gasteiger partial charge in [-0.05, 0) is 42.0 Å². The SMILES string of the molecule is CSc1ccc(Oc2nc(NN)nc3sccc23)cc1. The van der Waals surface area contributed by atoms with Gasteiger partial charge in [-0.25, -0.2) is 10.8 Å². The molecule has 0 radical (unpaired) electrons. The van der Waals surface area contributed by atoms with Crippen molar-refractivity contribution in [3.05, 3.63) is 35.7 Å². The molecule has 20 heavy (non-hydrogen) atoms. The monoisotopic (exact) mass is 304 g/mol. The van der Waals surface area contributed by atoms with Crippen LogP contribution in [0.5, 0.6) is 11.6 Å². The summed E-state index contributed by atoms with van der Waals surface area (Å²) in [6.07, 6.45) is 2.04. The van der Waals surface area contributed by atoms with E-state index in [1.54, 1.807) is 11.8 Å². The minimum absolute atomic E-state index is 0.343. The highest BCUT2D eigenvalue weighted by Crippen LogP contribution is 2.31. The van der Waals surface area contributed by atoms with Crippen molar-refractivity contribution >= 4 is 39.3 Å². The fourth-order valence-corrected chi connectivity index (χ4v) is 2.89. The number of nitrogens with one attached hydrogen (secondary N) is 1. The number of ether oxygens (including phenoxy) is 1. The summed E-state index contributed by atoms with van der Waals surface area (Å²) in [6, 6.07) is 9.79. The number of rotatable bonds is 4. The third-order valence-corrected chi connectivity index (χ3v) is 4.24. The number of nitrogen functional groups attached to an aromatic ring is 1. The molecule has 102 valence electrons. The van der Waals surface area contributed by atoms with E-state index < -0.39 is 0 Å². The van der Waals surface area contributed by atoms with Crippen LogP contribution in [-0.4, -0.2) is 16.2 Å². The molecular weight excluding hydrogens is 292 g/mol. The first kappa shape index (κ1) is 13.2. The van der Waals surface area contributed by atoms with E-state index in [0.29, 0.717) is 11.8 Å². The van der Waals surface area contributed by atoms with Crippen molar-refractivity contribution in [3.63, 3.8) is 0 Å². The lowest BCUT2D eigenvalue weighted by atomic mass is 10.3. The molecule has 3 N–H and O–H groups in total. The lowest BCUT2D eigenvalue weighted by Crippen LogP contribution is -2.10. The number of hydrazine groups is 1. The lowest BCUT2D eigenvalue weighted by Gasteiger charge is -2.08. The van der Waals surface area contributed by atoms with Gasteiger partial charge in [0, 0.05) is 4.90 Å². The number of thioether (sulfide) groups is 1. The summed E-state index contributed by atoms with van der Waals surface area (Å²) in [5.74, 6) is 6.96. The number of aromatic nitrogens is 2. The number of hydrogen-bond acceptors (Lipinski definition) is 7. The van der Waals surface area contributed by atoms with E-state index in [4.69, 9.17) is 10.6 Å². The van der Waals surface area contributed by atoms with E-state index in [2.05, 4.69) is 15.4 Å². The molecule has 0 amide bonds. The predicted octanol–water partition coefficient (Wildman–Crippen LogP) is 3.49. The molecule has 7 heteroatoms. The molecule has 0 fully saturated rings. The predicted molar refractivity (Wildman–Crippen MR) is 83.5 cm³/mol. The number of benzene rings is 1. The number of anilines is 1. The number of thiophene rings is 1. The van der Waals surface area contributed by atoms with Crippen LogP contribution in [0.2, 0.25) is 0 Å². The van der Waals surface area contributed by atoms with Gasteiger partial charge in [0.25, 0.3) is 0 Å². The van der Waals surface area contributed by atoms with Gasteiger partial charge >= 0.3 is 0 Å². The normalized spacial score (nSPS) is 10.7. The fourth-order valence-electron chi connectivity index (χ4n) is 1.73. The minimum atomic E-state index is 0.343. The lowest BCUT2D eigenvalue weighted by molar-refractivity contribution is 0.468. The highest BCUT2D eigenvalue weighted by Gasteiger charge is 2.10. The Hall–Kier alpha value is -1.83. The van der Waals surface area contributed by atoms with Crippen LogP contribution in [0.1, 0.15) is 0 Å². The maximum Gasteiger partial charge on any atom is 0.241 e. The van der Waals surface area contributed by atoms with Crippen molar-refractivity contribution in [2.45, 2.75) is 4.90 Å². The summed E-state index contributed by atoms with van der Waals surface area (Å²) in [6.45, 7) is 0. The van der Waals surface area contributed by atoms with Crippen molar-refractivity contribution in [1.29, 1.82) is 0 Å². The van der Waals surface area contributed by atoms with Gasteiger partial charge in [0.1, 0.15) is 10.6 Å². The summed E-state index contributed by atoms with van der Waals surface area (Å²) in [5.41, 5.74) is 2.45. The molecule has 0 aliphatic rings. The third-order valence-electron chi connectivity index (χ3n) is 2.69. The highest BCUT2D eigenvalue weighted by molar-refractivity contribution is 7.98. The van der Waals surface area contributed by atoms with Crippen LogP contribution < -0.4 is 16.0 Å². The molecule has 2 heterocycles. The average molecular weight is 304 g/mol. The first-order valence-electron chi connectivity index (χ1n) is 5.84. The molecule has 0 aliphatic heterocycles.